The Hall–Kier alpha value is -2.99. The summed E-state index contributed by atoms with van der Waals surface area (Å²) in [4.78, 5) is 14.0. The second-order valence-corrected chi connectivity index (χ2v) is 9.47. The van der Waals surface area contributed by atoms with Crippen LogP contribution in [0.1, 0.15) is 47.9 Å². The minimum atomic E-state index is -0.646. The van der Waals surface area contributed by atoms with Gasteiger partial charge >= 0.3 is 5.97 Å². The van der Waals surface area contributed by atoms with Crippen molar-refractivity contribution >= 4 is 11.5 Å². The van der Waals surface area contributed by atoms with Crippen LogP contribution in [-0.2, 0) is 11.4 Å². The van der Waals surface area contributed by atoms with E-state index in [-0.39, 0.29) is 0 Å². The number of ether oxygens (including phenoxy) is 3. The van der Waals surface area contributed by atoms with Crippen LogP contribution in [0.5, 0.6) is 17.2 Å². The van der Waals surface area contributed by atoms with Gasteiger partial charge in [0.1, 0.15) is 23.9 Å². The normalized spacial score (nSPS) is 19.1. The van der Waals surface area contributed by atoms with Crippen molar-refractivity contribution in [3.63, 3.8) is 0 Å². The van der Waals surface area contributed by atoms with Crippen LogP contribution in [0, 0.1) is 12.3 Å². The van der Waals surface area contributed by atoms with Gasteiger partial charge in [0.2, 0.25) is 0 Å². The number of piperidine rings is 1. The number of rotatable bonds is 5. The SMILES string of the molecule is COc1ccc2c(c1)C(=C1CCN(CC3(C(=O)O)CC3)CC1)c1cc(C)c(OC)cc1CO2. The number of fused-ring (bicyclic) bond motifs is 2. The predicted octanol–water partition coefficient (Wildman–Crippen LogP) is 4.67. The highest BCUT2D eigenvalue weighted by atomic mass is 16.5. The van der Waals surface area contributed by atoms with Crippen LogP contribution in [0.2, 0.25) is 0 Å². The van der Waals surface area contributed by atoms with Gasteiger partial charge in [-0.25, -0.2) is 0 Å². The number of hydrogen-bond donors (Lipinski definition) is 1. The summed E-state index contributed by atoms with van der Waals surface area (Å²) in [5, 5.41) is 9.59. The first-order valence-electron chi connectivity index (χ1n) is 11.6. The van der Waals surface area contributed by atoms with Gasteiger partial charge in [-0.15, -0.1) is 0 Å². The molecule has 1 aliphatic carbocycles. The maximum absolute atomic E-state index is 11.7. The Labute approximate surface area is 194 Å². The van der Waals surface area contributed by atoms with Crippen molar-refractivity contribution in [1.82, 2.24) is 4.90 Å². The van der Waals surface area contributed by atoms with Gasteiger partial charge in [-0.3, -0.25) is 4.79 Å². The number of aliphatic carboxylic acids is 1. The topological polar surface area (TPSA) is 68.2 Å². The van der Waals surface area contributed by atoms with E-state index < -0.39 is 11.4 Å². The summed E-state index contributed by atoms with van der Waals surface area (Å²) < 4.78 is 17.4. The van der Waals surface area contributed by atoms with E-state index in [1.54, 1.807) is 14.2 Å². The number of likely N-dealkylation sites (tertiary alicyclic amines) is 1. The highest BCUT2D eigenvalue weighted by Crippen LogP contribution is 2.48. The van der Waals surface area contributed by atoms with Crippen molar-refractivity contribution in [3.8, 4) is 17.2 Å². The van der Waals surface area contributed by atoms with E-state index in [0.717, 1.165) is 72.7 Å². The molecule has 0 amide bonds. The number of nitrogens with zero attached hydrogens (tertiary/aromatic N) is 1. The van der Waals surface area contributed by atoms with Crippen LogP contribution < -0.4 is 14.2 Å². The molecule has 2 aromatic carbocycles. The number of carbonyl (C=O) groups is 1. The van der Waals surface area contributed by atoms with Gasteiger partial charge in [-0.1, -0.05) is 5.57 Å². The molecule has 1 saturated carbocycles. The predicted molar refractivity (Wildman–Crippen MR) is 126 cm³/mol. The first-order valence-corrected chi connectivity index (χ1v) is 11.6. The summed E-state index contributed by atoms with van der Waals surface area (Å²) >= 11 is 0. The molecule has 2 aromatic rings. The molecular weight excluding hydrogens is 418 g/mol. The fourth-order valence-electron chi connectivity index (χ4n) is 5.19. The lowest BCUT2D eigenvalue weighted by Crippen LogP contribution is -2.38. The monoisotopic (exact) mass is 449 g/mol. The quantitative estimate of drug-likeness (QED) is 0.716. The average molecular weight is 450 g/mol. The highest BCUT2D eigenvalue weighted by molar-refractivity contribution is 5.88. The zero-order chi connectivity index (χ0) is 23.2. The molecule has 6 nitrogen and oxygen atoms in total. The molecule has 0 aromatic heterocycles. The highest BCUT2D eigenvalue weighted by Gasteiger charge is 2.51. The van der Waals surface area contributed by atoms with Gasteiger partial charge < -0.3 is 24.2 Å². The summed E-state index contributed by atoms with van der Waals surface area (Å²) in [7, 11) is 3.38. The van der Waals surface area contributed by atoms with E-state index in [2.05, 4.69) is 30.0 Å². The van der Waals surface area contributed by atoms with Crippen LogP contribution in [0.3, 0.4) is 0 Å². The average Bonchev–Trinajstić information content (AvgIpc) is 3.62. The fraction of sp³-hybridized carbons (Fsp3) is 0.444. The summed E-state index contributed by atoms with van der Waals surface area (Å²) in [6.07, 6.45) is 3.41. The molecule has 33 heavy (non-hydrogen) atoms. The van der Waals surface area contributed by atoms with Gasteiger partial charge in [0.25, 0.3) is 0 Å². The van der Waals surface area contributed by atoms with E-state index in [1.807, 2.05) is 12.1 Å². The lowest BCUT2D eigenvalue weighted by atomic mass is 9.85. The molecule has 0 unspecified atom stereocenters. The maximum atomic E-state index is 11.7. The second kappa shape index (κ2) is 8.41. The minimum absolute atomic E-state index is 0.481. The first-order chi connectivity index (χ1) is 15.9. The maximum Gasteiger partial charge on any atom is 0.310 e. The molecule has 2 heterocycles. The third-order valence-corrected chi connectivity index (χ3v) is 7.38. The van der Waals surface area contributed by atoms with Crippen molar-refractivity contribution in [2.45, 2.75) is 39.2 Å². The van der Waals surface area contributed by atoms with E-state index in [0.29, 0.717) is 13.2 Å². The molecule has 1 saturated heterocycles. The third-order valence-electron chi connectivity index (χ3n) is 7.38. The zero-order valence-corrected chi connectivity index (χ0v) is 19.6. The second-order valence-electron chi connectivity index (χ2n) is 9.47. The van der Waals surface area contributed by atoms with E-state index in [9.17, 15) is 9.90 Å². The number of carboxylic acids is 1. The smallest absolute Gasteiger partial charge is 0.310 e. The molecule has 3 aliphatic rings. The van der Waals surface area contributed by atoms with E-state index in [1.165, 1.54) is 16.7 Å². The first kappa shape index (κ1) is 21.8. The molecule has 2 fully saturated rings. The van der Waals surface area contributed by atoms with Gasteiger partial charge in [0, 0.05) is 30.8 Å². The molecule has 174 valence electrons. The fourth-order valence-corrected chi connectivity index (χ4v) is 5.19. The van der Waals surface area contributed by atoms with Crippen molar-refractivity contribution in [2.24, 2.45) is 5.41 Å². The Bertz CT molecular complexity index is 1120. The Morgan fingerprint density at radius 1 is 1.09 bits per heavy atom. The van der Waals surface area contributed by atoms with Gasteiger partial charge in [-0.2, -0.15) is 0 Å². The van der Waals surface area contributed by atoms with E-state index >= 15 is 0 Å². The van der Waals surface area contributed by atoms with E-state index in [4.69, 9.17) is 14.2 Å². The molecule has 1 N–H and O–H groups in total. The molecule has 5 rings (SSSR count). The lowest BCUT2D eigenvalue weighted by molar-refractivity contribution is -0.144. The summed E-state index contributed by atoms with van der Waals surface area (Å²) in [6.45, 7) is 4.96. The number of carboxylic acid groups (broad SMARTS) is 1. The molecule has 0 spiro atoms. The summed E-state index contributed by atoms with van der Waals surface area (Å²) in [5.74, 6) is 1.88. The van der Waals surface area contributed by atoms with Crippen LogP contribution in [0.4, 0.5) is 0 Å². The Kier molecular flexibility index (Phi) is 5.57. The van der Waals surface area contributed by atoms with Crippen molar-refractivity contribution in [3.05, 3.63) is 58.2 Å². The Morgan fingerprint density at radius 2 is 1.85 bits per heavy atom. The summed E-state index contributed by atoms with van der Waals surface area (Å²) in [5.41, 5.74) is 6.55. The molecule has 2 aliphatic heterocycles. The largest absolute Gasteiger partial charge is 0.497 e. The summed E-state index contributed by atoms with van der Waals surface area (Å²) in [6, 6.07) is 10.3. The molecule has 0 radical (unpaired) electrons. The molecular formula is C27H31NO5. The Morgan fingerprint density at radius 3 is 2.48 bits per heavy atom. The van der Waals surface area contributed by atoms with Crippen molar-refractivity contribution < 1.29 is 24.1 Å². The van der Waals surface area contributed by atoms with Gasteiger partial charge in [0.05, 0.1) is 19.6 Å². The molecule has 6 heteroatoms. The number of aryl methyl sites for hydroxylation is 1. The van der Waals surface area contributed by atoms with Gasteiger partial charge in [0.15, 0.2) is 0 Å². The van der Waals surface area contributed by atoms with Crippen LogP contribution in [-0.4, -0.2) is 49.8 Å². The third kappa shape index (κ3) is 3.97. The number of hydrogen-bond acceptors (Lipinski definition) is 5. The standard InChI is InChI=1S/C27H31NO5/c1-17-12-21-19(13-24(17)32-3)15-33-23-5-4-20(31-2)14-22(23)25(21)18-6-10-28(11-7-18)16-27(8-9-27)26(29)30/h4-5,12-14H,6-11,15-16H2,1-3H3,(H,29,30). The van der Waals surface area contributed by atoms with Gasteiger partial charge in [-0.05, 0) is 79.6 Å². The van der Waals surface area contributed by atoms with Crippen molar-refractivity contribution in [1.29, 1.82) is 0 Å². The van der Waals surface area contributed by atoms with Crippen LogP contribution in [0.25, 0.3) is 5.57 Å². The number of benzene rings is 2. The van der Waals surface area contributed by atoms with Crippen molar-refractivity contribution in [2.75, 3.05) is 33.9 Å². The van der Waals surface area contributed by atoms with Crippen LogP contribution >= 0.6 is 0 Å². The zero-order valence-electron chi connectivity index (χ0n) is 19.6. The lowest BCUT2D eigenvalue weighted by Gasteiger charge is -2.32. The van der Waals surface area contributed by atoms with Crippen LogP contribution in [0.15, 0.2) is 35.9 Å². The minimum Gasteiger partial charge on any atom is -0.497 e. The number of methoxy groups -OCH3 is 2. The Balaban J connectivity index is 1.55. The molecule has 0 bridgehead atoms. The molecule has 0 atom stereocenters.